The summed E-state index contributed by atoms with van der Waals surface area (Å²) in [5, 5.41) is 0. The Hall–Kier alpha value is -0.180. The highest BCUT2D eigenvalue weighted by Gasteiger charge is 2.63. The molecule has 4 fully saturated rings. The van der Waals surface area contributed by atoms with Crippen molar-refractivity contribution in [3.63, 3.8) is 0 Å². The van der Waals surface area contributed by atoms with Gasteiger partial charge in [-0.15, -0.1) is 0 Å². The van der Waals surface area contributed by atoms with E-state index >= 15 is 0 Å². The molecule has 4 rings (SSSR count). The number of hydrogen-bond donors (Lipinski definition) is 1. The normalized spacial score (nSPS) is 47.8. The van der Waals surface area contributed by atoms with Crippen LogP contribution in [0.4, 0.5) is 0 Å². The summed E-state index contributed by atoms with van der Waals surface area (Å²) in [6.07, 6.45) is 8.88. The molecule has 4 saturated carbocycles. The van der Waals surface area contributed by atoms with Crippen LogP contribution in [0.15, 0.2) is 0 Å². The first kappa shape index (κ1) is 13.5. The van der Waals surface area contributed by atoms with Gasteiger partial charge in [-0.25, -0.2) is 0 Å². The number of ether oxygens (including phenoxy) is 1. The number of thiol groups is 1. The molecule has 7 atom stereocenters. The van der Waals surface area contributed by atoms with E-state index in [0.717, 1.165) is 54.6 Å². The molecule has 0 aromatic heterocycles. The summed E-state index contributed by atoms with van der Waals surface area (Å²) in [6.45, 7) is 0.605. The Morgan fingerprint density at radius 1 is 1.00 bits per heavy atom. The minimum absolute atomic E-state index is 0.123. The summed E-state index contributed by atoms with van der Waals surface area (Å²) in [6, 6.07) is 0. The first-order valence-corrected chi connectivity index (χ1v) is 9.20. The van der Waals surface area contributed by atoms with Crippen molar-refractivity contribution in [3.05, 3.63) is 0 Å². The van der Waals surface area contributed by atoms with Gasteiger partial charge in [0.1, 0.15) is 0 Å². The number of fused-ring (bicyclic) bond motifs is 9. The van der Waals surface area contributed by atoms with E-state index in [4.69, 9.17) is 4.74 Å². The summed E-state index contributed by atoms with van der Waals surface area (Å²) in [4.78, 5) is 12.4. The number of rotatable bonds is 5. The minimum atomic E-state index is 0.123. The first-order valence-electron chi connectivity index (χ1n) is 8.57. The third-order valence-electron chi connectivity index (χ3n) is 6.83. The molecule has 20 heavy (non-hydrogen) atoms. The number of esters is 1. The molecule has 2 nitrogen and oxygen atoms in total. The van der Waals surface area contributed by atoms with E-state index in [1.54, 1.807) is 0 Å². The van der Waals surface area contributed by atoms with Crippen LogP contribution in [0.2, 0.25) is 0 Å². The summed E-state index contributed by atoms with van der Waals surface area (Å²) in [5.74, 6) is 6.66. The lowest BCUT2D eigenvalue weighted by atomic mass is 9.67. The van der Waals surface area contributed by atoms with Crippen LogP contribution < -0.4 is 0 Å². The maximum absolute atomic E-state index is 12.4. The van der Waals surface area contributed by atoms with Crippen molar-refractivity contribution in [2.75, 3.05) is 12.4 Å². The van der Waals surface area contributed by atoms with Gasteiger partial charge in [0.15, 0.2) is 0 Å². The lowest BCUT2D eigenvalue weighted by Crippen LogP contribution is -2.36. The quantitative estimate of drug-likeness (QED) is 0.363. The van der Waals surface area contributed by atoms with Crippen LogP contribution in [0.3, 0.4) is 0 Å². The number of unbranched alkanes of at least 4 members (excludes halogenated alkanes) is 1. The van der Waals surface area contributed by atoms with Gasteiger partial charge in [-0.1, -0.05) is 0 Å². The lowest BCUT2D eigenvalue weighted by Gasteiger charge is -2.37. The van der Waals surface area contributed by atoms with Crippen molar-refractivity contribution in [3.8, 4) is 0 Å². The van der Waals surface area contributed by atoms with Crippen LogP contribution in [0.1, 0.15) is 44.9 Å². The molecule has 0 aromatic rings. The maximum Gasteiger partial charge on any atom is 0.309 e. The SMILES string of the molecule is O=C(OCCCCS)C1CC2CC1C1C3CCC(C3)C21. The summed E-state index contributed by atoms with van der Waals surface area (Å²) in [7, 11) is 0. The van der Waals surface area contributed by atoms with Crippen molar-refractivity contribution < 1.29 is 9.53 Å². The van der Waals surface area contributed by atoms with E-state index in [9.17, 15) is 4.79 Å². The van der Waals surface area contributed by atoms with Crippen LogP contribution in [0.25, 0.3) is 0 Å². The monoisotopic (exact) mass is 294 g/mol. The molecular formula is C17H26O2S. The van der Waals surface area contributed by atoms with E-state index in [1.807, 2.05) is 0 Å². The van der Waals surface area contributed by atoms with E-state index in [1.165, 1.54) is 25.7 Å². The van der Waals surface area contributed by atoms with Crippen LogP contribution in [-0.4, -0.2) is 18.3 Å². The molecule has 0 saturated heterocycles. The predicted octanol–water partition coefficient (Wildman–Crippen LogP) is 3.56. The molecule has 112 valence electrons. The van der Waals surface area contributed by atoms with Crippen molar-refractivity contribution >= 4 is 18.6 Å². The largest absolute Gasteiger partial charge is 0.465 e. The third kappa shape index (κ3) is 1.95. The van der Waals surface area contributed by atoms with Crippen LogP contribution in [-0.2, 0) is 9.53 Å². The highest BCUT2D eigenvalue weighted by Crippen LogP contribution is 2.68. The summed E-state index contributed by atoms with van der Waals surface area (Å²) in [5.41, 5.74) is 0. The molecule has 0 amide bonds. The van der Waals surface area contributed by atoms with E-state index < -0.39 is 0 Å². The van der Waals surface area contributed by atoms with Gasteiger partial charge in [0.05, 0.1) is 12.5 Å². The minimum Gasteiger partial charge on any atom is -0.465 e. The zero-order chi connectivity index (χ0) is 13.7. The first-order chi connectivity index (χ1) is 9.79. The number of hydrogen-bond acceptors (Lipinski definition) is 3. The van der Waals surface area contributed by atoms with Crippen LogP contribution >= 0.6 is 12.6 Å². The fourth-order valence-electron chi connectivity index (χ4n) is 6.33. The zero-order valence-corrected chi connectivity index (χ0v) is 13.1. The third-order valence-corrected chi connectivity index (χ3v) is 7.15. The summed E-state index contributed by atoms with van der Waals surface area (Å²) < 4.78 is 5.54. The standard InChI is InChI=1S/C17H26O2S/c18-17(19-5-1-2-6-20)14-9-12-8-13(14)16-11-4-3-10(7-11)15(12)16/h10-16,20H,1-9H2. The second-order valence-electron chi connectivity index (χ2n) is 7.59. The predicted molar refractivity (Wildman–Crippen MR) is 81.6 cm³/mol. The Balaban J connectivity index is 1.37. The lowest BCUT2D eigenvalue weighted by molar-refractivity contribution is -0.152. The highest BCUT2D eigenvalue weighted by molar-refractivity contribution is 7.80. The molecule has 0 radical (unpaired) electrons. The van der Waals surface area contributed by atoms with Crippen molar-refractivity contribution in [2.24, 2.45) is 41.4 Å². The Morgan fingerprint density at radius 2 is 1.80 bits per heavy atom. The molecule has 4 aliphatic carbocycles. The molecule has 7 unspecified atom stereocenters. The number of carbonyl (C=O) groups is 1. The van der Waals surface area contributed by atoms with Crippen LogP contribution in [0, 0.1) is 41.4 Å². The Bertz CT molecular complexity index is 396. The second-order valence-corrected chi connectivity index (χ2v) is 8.04. The molecule has 0 spiro atoms. The topological polar surface area (TPSA) is 26.3 Å². The zero-order valence-electron chi connectivity index (χ0n) is 12.2. The Kier molecular flexibility index (Phi) is 3.52. The maximum atomic E-state index is 12.4. The van der Waals surface area contributed by atoms with Gasteiger partial charge < -0.3 is 4.74 Å². The van der Waals surface area contributed by atoms with Gasteiger partial charge >= 0.3 is 5.97 Å². The van der Waals surface area contributed by atoms with E-state index in [-0.39, 0.29) is 11.9 Å². The average molecular weight is 294 g/mol. The molecule has 3 heteroatoms. The van der Waals surface area contributed by atoms with Crippen molar-refractivity contribution in [2.45, 2.75) is 44.9 Å². The molecule has 0 heterocycles. The van der Waals surface area contributed by atoms with Crippen molar-refractivity contribution in [1.29, 1.82) is 0 Å². The van der Waals surface area contributed by atoms with E-state index in [0.29, 0.717) is 12.5 Å². The van der Waals surface area contributed by atoms with E-state index in [2.05, 4.69) is 12.6 Å². The van der Waals surface area contributed by atoms with Gasteiger partial charge in [0.2, 0.25) is 0 Å². The van der Waals surface area contributed by atoms with Gasteiger partial charge in [-0.05, 0) is 86.2 Å². The summed E-state index contributed by atoms with van der Waals surface area (Å²) >= 11 is 4.19. The van der Waals surface area contributed by atoms with Crippen LogP contribution in [0.5, 0.6) is 0 Å². The number of carbonyl (C=O) groups excluding carboxylic acids is 1. The highest BCUT2D eigenvalue weighted by atomic mass is 32.1. The fourth-order valence-corrected chi connectivity index (χ4v) is 6.55. The average Bonchev–Trinajstić information content (AvgIpc) is 3.20. The van der Waals surface area contributed by atoms with Gasteiger partial charge in [-0.3, -0.25) is 4.79 Å². The molecule has 0 aromatic carbocycles. The Labute approximate surface area is 127 Å². The van der Waals surface area contributed by atoms with Crippen molar-refractivity contribution in [1.82, 2.24) is 0 Å². The Morgan fingerprint density at radius 3 is 2.60 bits per heavy atom. The smallest absolute Gasteiger partial charge is 0.309 e. The van der Waals surface area contributed by atoms with Gasteiger partial charge in [0, 0.05) is 0 Å². The molecular weight excluding hydrogens is 268 g/mol. The molecule has 4 aliphatic rings. The van der Waals surface area contributed by atoms with Gasteiger partial charge in [-0.2, -0.15) is 12.6 Å². The van der Waals surface area contributed by atoms with Gasteiger partial charge in [0.25, 0.3) is 0 Å². The molecule has 0 aliphatic heterocycles. The molecule has 4 bridgehead atoms. The second kappa shape index (κ2) is 5.23. The fraction of sp³-hybridized carbons (Fsp3) is 0.941. The molecule has 0 N–H and O–H groups in total.